The van der Waals surface area contributed by atoms with E-state index in [0.717, 1.165) is 12.1 Å². The normalized spacial score (nSPS) is 10.9. The minimum atomic E-state index is -4.33. The fourth-order valence-electron chi connectivity index (χ4n) is 0.958. The summed E-state index contributed by atoms with van der Waals surface area (Å²) in [5.74, 6) is 0. The molecule has 1 rings (SSSR count). The van der Waals surface area contributed by atoms with Gasteiger partial charge in [0.2, 0.25) is 0 Å². The molecule has 0 saturated heterocycles. The topological polar surface area (TPSA) is 36.4 Å². The molecule has 0 aromatic heterocycles. The third-order valence-corrected chi connectivity index (χ3v) is 1.78. The van der Waals surface area contributed by atoms with Crippen LogP contribution in [0.4, 0.5) is 13.2 Å². The van der Waals surface area contributed by atoms with Crippen molar-refractivity contribution in [1.82, 2.24) is 0 Å². The number of nitrogens with zero attached hydrogens (tertiary/aromatic N) is 2. The second-order valence-corrected chi connectivity index (χ2v) is 2.76. The Labute approximate surface area is 78.6 Å². The van der Waals surface area contributed by atoms with Crippen molar-refractivity contribution in [3.63, 3.8) is 0 Å². The quantitative estimate of drug-likeness (QED) is 0.379. The maximum Gasteiger partial charge on any atom is 0.416 e. The Morgan fingerprint density at radius 1 is 1.21 bits per heavy atom. The van der Waals surface area contributed by atoms with Gasteiger partial charge in [0.05, 0.1) is 11.1 Å². The van der Waals surface area contributed by atoms with Crippen LogP contribution in [0.1, 0.15) is 18.1 Å². The van der Waals surface area contributed by atoms with Crippen LogP contribution in [-0.4, -0.2) is 10.5 Å². The predicted molar refractivity (Wildman–Crippen MR) is 44.8 cm³/mol. The van der Waals surface area contributed by atoms with E-state index in [1.807, 2.05) is 0 Å². The molecule has 0 spiro atoms. The van der Waals surface area contributed by atoms with Crippen molar-refractivity contribution < 1.29 is 18.0 Å². The number of alkyl halides is 3. The first-order valence-corrected chi connectivity index (χ1v) is 3.81. The molecule has 0 fully saturated rings. The van der Waals surface area contributed by atoms with Crippen molar-refractivity contribution in [3.8, 4) is 0 Å². The number of benzene rings is 1. The molecule has 0 saturated carbocycles. The molecule has 14 heavy (non-hydrogen) atoms. The van der Waals surface area contributed by atoms with Crippen LogP contribution in [0.3, 0.4) is 0 Å². The van der Waals surface area contributed by atoms with Crippen LogP contribution >= 0.6 is 0 Å². The van der Waals surface area contributed by atoms with Crippen molar-refractivity contribution in [3.05, 3.63) is 40.9 Å². The Morgan fingerprint density at radius 2 is 1.71 bits per heavy atom. The van der Waals surface area contributed by atoms with Crippen molar-refractivity contribution in [2.24, 2.45) is 0 Å². The van der Waals surface area contributed by atoms with E-state index in [4.69, 9.17) is 5.53 Å². The zero-order chi connectivity index (χ0) is 10.8. The van der Waals surface area contributed by atoms with Gasteiger partial charge in [-0.25, -0.2) is 0 Å². The van der Waals surface area contributed by atoms with E-state index >= 15 is 0 Å². The number of halogens is 3. The van der Waals surface area contributed by atoms with E-state index in [-0.39, 0.29) is 5.71 Å². The van der Waals surface area contributed by atoms with Gasteiger partial charge in [0.15, 0.2) is 0 Å². The summed E-state index contributed by atoms with van der Waals surface area (Å²) in [6, 6.07) is 4.42. The molecular formula is C9H7F3N2. The van der Waals surface area contributed by atoms with Crippen LogP contribution < -0.4 is 0 Å². The van der Waals surface area contributed by atoms with Crippen LogP contribution in [0.2, 0.25) is 0 Å². The Bertz CT molecular complexity index is 372. The summed E-state index contributed by atoms with van der Waals surface area (Å²) < 4.78 is 36.4. The molecule has 0 atom stereocenters. The standard InChI is InChI=1S/C9H7F3N2/c1-6(14-13)7-2-4-8(5-3-7)9(10,11)12/h2-5H,1H3. The molecule has 0 radical (unpaired) electrons. The van der Waals surface area contributed by atoms with Crippen molar-refractivity contribution in [1.29, 1.82) is 0 Å². The highest BCUT2D eigenvalue weighted by Gasteiger charge is 2.30. The Kier molecular flexibility index (Phi) is 2.72. The SMILES string of the molecule is CC(=[N+]=[N-])c1ccc(C(F)(F)F)cc1. The molecule has 1 aromatic rings. The van der Waals surface area contributed by atoms with Gasteiger partial charge in [0.1, 0.15) is 0 Å². The second kappa shape index (κ2) is 3.64. The fourth-order valence-corrected chi connectivity index (χ4v) is 0.958. The molecule has 0 aliphatic carbocycles. The van der Waals surface area contributed by atoms with E-state index in [9.17, 15) is 13.2 Å². The van der Waals surface area contributed by atoms with Crippen molar-refractivity contribution in [2.45, 2.75) is 13.1 Å². The molecule has 0 unspecified atom stereocenters. The lowest BCUT2D eigenvalue weighted by Crippen LogP contribution is -2.05. The fraction of sp³-hybridized carbons (Fsp3) is 0.222. The van der Waals surface area contributed by atoms with Crippen LogP contribution in [0.5, 0.6) is 0 Å². The van der Waals surface area contributed by atoms with Crippen molar-refractivity contribution >= 4 is 5.71 Å². The molecule has 2 nitrogen and oxygen atoms in total. The minimum Gasteiger partial charge on any atom is -0.361 e. The number of rotatable bonds is 1. The van der Waals surface area contributed by atoms with Gasteiger partial charge in [0.25, 0.3) is 5.71 Å². The van der Waals surface area contributed by atoms with Crippen molar-refractivity contribution in [2.75, 3.05) is 0 Å². The smallest absolute Gasteiger partial charge is 0.361 e. The maximum atomic E-state index is 12.1. The summed E-state index contributed by atoms with van der Waals surface area (Å²) in [5, 5.41) is 0. The summed E-state index contributed by atoms with van der Waals surface area (Å²) in [6.07, 6.45) is -4.33. The molecule has 1 aromatic carbocycles. The third kappa shape index (κ3) is 2.20. The van der Waals surface area contributed by atoms with E-state index in [2.05, 4.69) is 4.79 Å². The van der Waals surface area contributed by atoms with E-state index in [1.54, 1.807) is 0 Å². The molecule has 74 valence electrons. The first-order valence-electron chi connectivity index (χ1n) is 3.81. The van der Waals surface area contributed by atoms with E-state index < -0.39 is 11.7 Å². The lowest BCUT2D eigenvalue weighted by molar-refractivity contribution is -0.137. The average molecular weight is 200 g/mol. The molecule has 0 heterocycles. The molecule has 5 heteroatoms. The van der Waals surface area contributed by atoms with Crippen LogP contribution in [-0.2, 0) is 6.18 Å². The molecule has 0 amide bonds. The lowest BCUT2D eigenvalue weighted by Gasteiger charge is -2.05. The third-order valence-electron chi connectivity index (χ3n) is 1.78. The largest absolute Gasteiger partial charge is 0.416 e. The van der Waals surface area contributed by atoms with Gasteiger partial charge in [-0.2, -0.15) is 18.0 Å². The highest BCUT2D eigenvalue weighted by Crippen LogP contribution is 2.28. The van der Waals surface area contributed by atoms with Gasteiger partial charge < -0.3 is 5.53 Å². The summed E-state index contributed by atoms with van der Waals surface area (Å²) in [4.78, 5) is 2.89. The Hall–Kier alpha value is -1.61. The Morgan fingerprint density at radius 3 is 2.07 bits per heavy atom. The average Bonchev–Trinajstić information content (AvgIpc) is 2.15. The van der Waals surface area contributed by atoms with Crippen LogP contribution in [0.25, 0.3) is 5.53 Å². The van der Waals surface area contributed by atoms with E-state index in [0.29, 0.717) is 5.56 Å². The van der Waals surface area contributed by atoms with Gasteiger partial charge in [0, 0.05) is 6.92 Å². The van der Waals surface area contributed by atoms with Crippen LogP contribution in [0, 0.1) is 0 Å². The highest BCUT2D eigenvalue weighted by atomic mass is 19.4. The van der Waals surface area contributed by atoms with Crippen LogP contribution in [0.15, 0.2) is 24.3 Å². The molecule has 0 bridgehead atoms. The first-order chi connectivity index (χ1) is 6.45. The Balaban J connectivity index is 3.07. The maximum absolute atomic E-state index is 12.1. The second-order valence-electron chi connectivity index (χ2n) is 2.76. The van der Waals surface area contributed by atoms with Gasteiger partial charge in [-0.15, -0.1) is 0 Å². The summed E-state index contributed by atoms with van der Waals surface area (Å²) in [6.45, 7) is 1.50. The molecular weight excluding hydrogens is 193 g/mol. The number of hydrogen-bond acceptors (Lipinski definition) is 0. The van der Waals surface area contributed by atoms with Gasteiger partial charge in [-0.05, 0) is 24.3 Å². The van der Waals surface area contributed by atoms with Gasteiger partial charge >= 0.3 is 6.18 Å². The zero-order valence-corrected chi connectivity index (χ0v) is 7.34. The monoisotopic (exact) mass is 200 g/mol. The summed E-state index contributed by atoms with van der Waals surface area (Å²) >= 11 is 0. The highest BCUT2D eigenvalue weighted by molar-refractivity contribution is 5.94. The zero-order valence-electron chi connectivity index (χ0n) is 7.34. The first kappa shape index (κ1) is 10.5. The van der Waals surface area contributed by atoms with Gasteiger partial charge in [-0.1, -0.05) is 0 Å². The van der Waals surface area contributed by atoms with E-state index in [1.165, 1.54) is 19.1 Å². The lowest BCUT2D eigenvalue weighted by atomic mass is 10.1. The predicted octanol–water partition coefficient (Wildman–Crippen LogP) is 2.74. The molecule has 0 aliphatic rings. The minimum absolute atomic E-state index is 0.277. The number of hydrogen-bond donors (Lipinski definition) is 0. The summed E-state index contributed by atoms with van der Waals surface area (Å²) in [7, 11) is 0. The summed E-state index contributed by atoms with van der Waals surface area (Å²) in [5.41, 5.74) is 8.40. The molecule has 0 N–H and O–H groups in total. The molecule has 0 aliphatic heterocycles. The van der Waals surface area contributed by atoms with Gasteiger partial charge in [-0.3, -0.25) is 0 Å².